The largest absolute Gasteiger partial charge is 0.299 e. The molecule has 0 aliphatic carbocycles. The van der Waals surface area contributed by atoms with Gasteiger partial charge in [-0.2, -0.15) is 0 Å². The van der Waals surface area contributed by atoms with E-state index in [1.54, 1.807) is 0 Å². The zero-order chi connectivity index (χ0) is 21.1. The van der Waals surface area contributed by atoms with Crippen molar-refractivity contribution in [3.05, 3.63) is 70.8 Å². The zero-order valence-electron chi connectivity index (χ0n) is 18.4. The normalized spacial score (nSPS) is 14.0. The summed E-state index contributed by atoms with van der Waals surface area (Å²) in [7, 11) is 0. The number of rotatable bonds is 7. The standard InChI is InChI=1S/C26H34O2/c1-8-23(27)26(7,17-19-12-14-21(15-13-19)25(4,5)6)22-11-9-10-20(16-22)24(28)18(2)3/h9-16,18H,8,17H2,1-7H3. The second-order valence-electron chi connectivity index (χ2n) is 9.33. The van der Waals surface area contributed by atoms with Crippen molar-refractivity contribution >= 4 is 11.6 Å². The number of ketones is 2. The molecule has 2 aromatic carbocycles. The van der Waals surface area contributed by atoms with E-state index in [1.165, 1.54) is 5.56 Å². The molecule has 0 amide bonds. The highest BCUT2D eigenvalue weighted by atomic mass is 16.1. The maximum absolute atomic E-state index is 13.0. The molecule has 0 aliphatic heterocycles. The van der Waals surface area contributed by atoms with Gasteiger partial charge in [-0.15, -0.1) is 0 Å². The zero-order valence-corrected chi connectivity index (χ0v) is 18.4. The third-order valence-corrected chi connectivity index (χ3v) is 5.62. The van der Waals surface area contributed by atoms with Crippen LogP contribution in [0.1, 0.15) is 81.9 Å². The Morgan fingerprint density at radius 2 is 1.50 bits per heavy atom. The number of carbonyl (C=O) groups is 2. The van der Waals surface area contributed by atoms with Gasteiger partial charge < -0.3 is 0 Å². The Labute approximate surface area is 170 Å². The fourth-order valence-electron chi connectivity index (χ4n) is 3.63. The summed E-state index contributed by atoms with van der Waals surface area (Å²) >= 11 is 0. The number of benzene rings is 2. The fourth-order valence-corrected chi connectivity index (χ4v) is 3.63. The maximum atomic E-state index is 13.0. The predicted octanol–water partition coefficient (Wildman–Crippen LogP) is 6.30. The van der Waals surface area contributed by atoms with E-state index in [0.717, 1.165) is 11.1 Å². The molecule has 1 atom stereocenters. The van der Waals surface area contributed by atoms with Crippen LogP contribution in [0.4, 0.5) is 0 Å². The maximum Gasteiger partial charge on any atom is 0.165 e. The highest BCUT2D eigenvalue weighted by Crippen LogP contribution is 2.32. The number of Topliss-reactive ketones (excluding diaryl/α,β-unsaturated/α-hetero) is 2. The minimum atomic E-state index is -0.648. The van der Waals surface area contributed by atoms with Gasteiger partial charge in [-0.25, -0.2) is 0 Å². The average Bonchev–Trinajstić information content (AvgIpc) is 2.66. The summed E-state index contributed by atoms with van der Waals surface area (Å²) in [6, 6.07) is 16.2. The van der Waals surface area contributed by atoms with E-state index in [9.17, 15) is 9.59 Å². The lowest BCUT2D eigenvalue weighted by Gasteiger charge is -2.29. The van der Waals surface area contributed by atoms with E-state index in [0.29, 0.717) is 18.4 Å². The number of carbonyl (C=O) groups excluding carboxylic acids is 2. The van der Waals surface area contributed by atoms with Crippen LogP contribution in [-0.4, -0.2) is 11.6 Å². The first-order valence-electron chi connectivity index (χ1n) is 10.3. The summed E-state index contributed by atoms with van der Waals surface area (Å²) in [6.07, 6.45) is 1.10. The average molecular weight is 379 g/mol. The van der Waals surface area contributed by atoms with Gasteiger partial charge in [0.25, 0.3) is 0 Å². The molecule has 28 heavy (non-hydrogen) atoms. The van der Waals surface area contributed by atoms with Crippen molar-refractivity contribution in [1.82, 2.24) is 0 Å². The Hall–Kier alpha value is -2.22. The Morgan fingerprint density at radius 1 is 0.893 bits per heavy atom. The van der Waals surface area contributed by atoms with Crippen molar-refractivity contribution in [3.63, 3.8) is 0 Å². The minimum absolute atomic E-state index is 0.0617. The summed E-state index contributed by atoms with van der Waals surface area (Å²) in [4.78, 5) is 25.5. The summed E-state index contributed by atoms with van der Waals surface area (Å²) in [5, 5.41) is 0. The lowest BCUT2D eigenvalue weighted by atomic mass is 9.72. The molecule has 0 saturated heterocycles. The molecule has 2 heteroatoms. The molecule has 0 radical (unpaired) electrons. The van der Waals surface area contributed by atoms with Gasteiger partial charge in [0.1, 0.15) is 5.78 Å². The monoisotopic (exact) mass is 378 g/mol. The molecule has 0 aromatic heterocycles. The van der Waals surface area contributed by atoms with E-state index >= 15 is 0 Å². The van der Waals surface area contributed by atoms with Crippen molar-refractivity contribution in [2.75, 3.05) is 0 Å². The molecule has 150 valence electrons. The molecule has 2 nitrogen and oxygen atoms in total. The van der Waals surface area contributed by atoms with Gasteiger partial charge in [0.05, 0.1) is 5.41 Å². The summed E-state index contributed by atoms with van der Waals surface area (Å²) in [6.45, 7) is 14.3. The molecule has 0 N–H and O–H groups in total. The quantitative estimate of drug-likeness (QED) is 0.530. The second-order valence-corrected chi connectivity index (χ2v) is 9.33. The SMILES string of the molecule is CCC(=O)C(C)(Cc1ccc(C(C)(C)C)cc1)c1cccc(C(=O)C(C)C)c1. The minimum Gasteiger partial charge on any atom is -0.299 e. The van der Waals surface area contributed by atoms with Crippen molar-refractivity contribution in [3.8, 4) is 0 Å². The first-order chi connectivity index (χ1) is 13.0. The van der Waals surface area contributed by atoms with Crippen LogP contribution in [0, 0.1) is 5.92 Å². The summed E-state index contributed by atoms with van der Waals surface area (Å²) in [5.41, 5.74) is 3.48. The van der Waals surface area contributed by atoms with Crippen LogP contribution >= 0.6 is 0 Å². The first kappa shape index (κ1) is 22.1. The van der Waals surface area contributed by atoms with Crippen molar-refractivity contribution in [2.45, 2.75) is 72.1 Å². The third-order valence-electron chi connectivity index (χ3n) is 5.62. The van der Waals surface area contributed by atoms with Crippen LogP contribution in [0.3, 0.4) is 0 Å². The molecule has 0 spiro atoms. The van der Waals surface area contributed by atoms with Crippen LogP contribution in [0.2, 0.25) is 0 Å². The summed E-state index contributed by atoms with van der Waals surface area (Å²) < 4.78 is 0. The molecule has 0 aliphatic rings. The van der Waals surface area contributed by atoms with E-state index in [2.05, 4.69) is 45.0 Å². The lowest BCUT2D eigenvalue weighted by molar-refractivity contribution is -0.123. The van der Waals surface area contributed by atoms with E-state index in [4.69, 9.17) is 0 Å². The molecule has 2 rings (SSSR count). The van der Waals surface area contributed by atoms with Crippen molar-refractivity contribution in [1.29, 1.82) is 0 Å². The van der Waals surface area contributed by atoms with E-state index in [1.807, 2.05) is 52.0 Å². The first-order valence-corrected chi connectivity index (χ1v) is 10.3. The Balaban J connectivity index is 2.44. The van der Waals surface area contributed by atoms with Gasteiger partial charge >= 0.3 is 0 Å². The smallest absolute Gasteiger partial charge is 0.165 e. The van der Waals surface area contributed by atoms with Gasteiger partial charge in [0, 0.05) is 17.9 Å². The van der Waals surface area contributed by atoms with Crippen LogP contribution in [0.25, 0.3) is 0 Å². The Morgan fingerprint density at radius 3 is 2.00 bits per heavy atom. The van der Waals surface area contributed by atoms with Gasteiger partial charge in [-0.1, -0.05) is 84.0 Å². The van der Waals surface area contributed by atoms with Crippen LogP contribution in [-0.2, 0) is 22.0 Å². The predicted molar refractivity (Wildman–Crippen MR) is 117 cm³/mol. The van der Waals surface area contributed by atoms with E-state index < -0.39 is 5.41 Å². The van der Waals surface area contributed by atoms with Crippen molar-refractivity contribution < 1.29 is 9.59 Å². The number of hydrogen-bond donors (Lipinski definition) is 0. The highest BCUT2D eigenvalue weighted by molar-refractivity contribution is 5.98. The van der Waals surface area contributed by atoms with Gasteiger partial charge in [0.2, 0.25) is 0 Å². The molecular weight excluding hydrogens is 344 g/mol. The molecule has 0 fully saturated rings. The molecule has 0 saturated carbocycles. The van der Waals surface area contributed by atoms with E-state index in [-0.39, 0.29) is 22.9 Å². The van der Waals surface area contributed by atoms with Crippen molar-refractivity contribution in [2.24, 2.45) is 5.92 Å². The molecule has 0 heterocycles. The Kier molecular flexibility index (Phi) is 6.64. The van der Waals surface area contributed by atoms with Gasteiger partial charge in [-0.05, 0) is 41.5 Å². The van der Waals surface area contributed by atoms with Crippen LogP contribution in [0.15, 0.2) is 48.5 Å². The number of hydrogen-bond acceptors (Lipinski definition) is 2. The highest BCUT2D eigenvalue weighted by Gasteiger charge is 2.34. The molecule has 2 aromatic rings. The molecule has 1 unspecified atom stereocenters. The van der Waals surface area contributed by atoms with Crippen LogP contribution in [0.5, 0.6) is 0 Å². The van der Waals surface area contributed by atoms with Crippen LogP contribution < -0.4 is 0 Å². The topological polar surface area (TPSA) is 34.1 Å². The fraction of sp³-hybridized carbons (Fsp3) is 0.462. The molecule has 0 bridgehead atoms. The van der Waals surface area contributed by atoms with Gasteiger partial charge in [-0.3, -0.25) is 9.59 Å². The van der Waals surface area contributed by atoms with Gasteiger partial charge in [0.15, 0.2) is 5.78 Å². The lowest BCUT2D eigenvalue weighted by Crippen LogP contribution is -2.35. The summed E-state index contributed by atoms with van der Waals surface area (Å²) in [5.74, 6) is 0.248. The second kappa shape index (κ2) is 8.43. The third kappa shape index (κ3) is 4.79. The molecular formula is C26H34O2. The Bertz CT molecular complexity index is 837.